The largest absolute Gasteiger partial charge is 0.289 e. The van der Waals surface area contributed by atoms with Crippen LogP contribution in [0.15, 0.2) is 48.5 Å². The molecule has 28 heavy (non-hydrogen) atoms. The number of hydrogen-bond donors (Lipinski definition) is 0. The van der Waals surface area contributed by atoms with Crippen LogP contribution in [0.3, 0.4) is 0 Å². The van der Waals surface area contributed by atoms with Gasteiger partial charge in [0.05, 0.1) is 6.57 Å². The van der Waals surface area contributed by atoms with Crippen LogP contribution in [0.4, 0.5) is 5.69 Å². The fourth-order valence-electron chi connectivity index (χ4n) is 4.20. The van der Waals surface area contributed by atoms with Gasteiger partial charge in [-0.05, 0) is 47.0 Å². The van der Waals surface area contributed by atoms with Gasteiger partial charge in [0.2, 0.25) is 0 Å². The van der Waals surface area contributed by atoms with Gasteiger partial charge in [-0.3, -0.25) is 4.79 Å². The monoisotopic (exact) mass is 387 g/mol. The van der Waals surface area contributed by atoms with Gasteiger partial charge in [0.15, 0.2) is 11.5 Å². The molecule has 0 aliphatic carbocycles. The fourth-order valence-corrected chi connectivity index (χ4v) is 9.43. The van der Waals surface area contributed by atoms with Gasteiger partial charge in [0, 0.05) is 16.7 Å². The number of carbonyl (C=O) groups excluding carboxylic acids is 1. The number of rotatable bonds is 5. The van der Waals surface area contributed by atoms with Crippen molar-refractivity contribution in [3.8, 4) is 11.5 Å². The van der Waals surface area contributed by atoms with Gasteiger partial charge >= 0.3 is 0 Å². The standard InChI is InChI=1S/C25H29NOSi/c1-18(2)28(19(3)4,20(5)6)16-15-21-11-13-22(14-12-21)25(27)23-9-8-10-24(17-23)26-7/h8-14,17-20H,1-6H3. The first-order chi connectivity index (χ1) is 13.2. The van der Waals surface area contributed by atoms with Crippen molar-refractivity contribution in [3.63, 3.8) is 0 Å². The maximum atomic E-state index is 12.7. The van der Waals surface area contributed by atoms with Gasteiger partial charge in [-0.25, -0.2) is 4.85 Å². The molecule has 2 aromatic carbocycles. The highest BCUT2D eigenvalue weighted by molar-refractivity contribution is 6.90. The SMILES string of the molecule is [C-]#[N+]c1cccc(C(=O)c2ccc(C#C[Si](C(C)C)(C(C)C)C(C)C)cc2)c1. The Kier molecular flexibility index (Phi) is 7.00. The van der Waals surface area contributed by atoms with E-state index in [1.165, 1.54) is 0 Å². The molecule has 3 heteroatoms. The van der Waals surface area contributed by atoms with E-state index in [0.29, 0.717) is 33.4 Å². The third-order valence-electron chi connectivity index (χ3n) is 5.67. The van der Waals surface area contributed by atoms with Crippen LogP contribution in [0.5, 0.6) is 0 Å². The summed E-state index contributed by atoms with van der Waals surface area (Å²) in [5.74, 6) is 3.35. The van der Waals surface area contributed by atoms with Crippen LogP contribution in [-0.2, 0) is 0 Å². The third-order valence-corrected chi connectivity index (χ3v) is 12.0. The van der Waals surface area contributed by atoms with E-state index in [1.807, 2.05) is 24.3 Å². The molecule has 2 nitrogen and oxygen atoms in total. The van der Waals surface area contributed by atoms with Gasteiger partial charge in [-0.1, -0.05) is 65.7 Å². The van der Waals surface area contributed by atoms with Crippen molar-refractivity contribution in [2.45, 2.75) is 58.2 Å². The molecule has 2 rings (SSSR count). The van der Waals surface area contributed by atoms with Crippen LogP contribution in [0.2, 0.25) is 16.6 Å². The Morgan fingerprint density at radius 3 is 1.96 bits per heavy atom. The minimum Gasteiger partial charge on any atom is -0.289 e. The summed E-state index contributed by atoms with van der Waals surface area (Å²) in [7, 11) is -1.77. The zero-order valence-corrected chi connectivity index (χ0v) is 18.7. The van der Waals surface area contributed by atoms with E-state index in [-0.39, 0.29) is 5.78 Å². The summed E-state index contributed by atoms with van der Waals surface area (Å²) in [6.07, 6.45) is 0. The first kappa shape index (κ1) is 21.7. The van der Waals surface area contributed by atoms with E-state index >= 15 is 0 Å². The lowest BCUT2D eigenvalue weighted by atomic mass is 10.0. The van der Waals surface area contributed by atoms with Crippen molar-refractivity contribution >= 4 is 19.5 Å². The molecular weight excluding hydrogens is 358 g/mol. The van der Waals surface area contributed by atoms with Crippen LogP contribution in [0.1, 0.15) is 63.0 Å². The third kappa shape index (κ3) is 4.43. The van der Waals surface area contributed by atoms with Crippen molar-refractivity contribution in [1.82, 2.24) is 0 Å². The first-order valence-electron chi connectivity index (χ1n) is 9.87. The van der Waals surface area contributed by atoms with Crippen molar-refractivity contribution in [3.05, 3.63) is 76.6 Å². The Bertz CT molecular complexity index is 915. The second-order valence-corrected chi connectivity index (χ2v) is 13.8. The van der Waals surface area contributed by atoms with Crippen molar-refractivity contribution in [1.29, 1.82) is 0 Å². The van der Waals surface area contributed by atoms with E-state index in [2.05, 4.69) is 57.9 Å². The summed E-state index contributed by atoms with van der Waals surface area (Å²) in [5, 5.41) is 0. The van der Waals surface area contributed by atoms with Crippen LogP contribution < -0.4 is 0 Å². The molecule has 0 aliphatic rings. The van der Waals surface area contributed by atoms with Crippen LogP contribution in [0, 0.1) is 18.0 Å². The van der Waals surface area contributed by atoms with Crippen molar-refractivity contribution in [2.75, 3.05) is 0 Å². The summed E-state index contributed by atoms with van der Waals surface area (Å²) in [6.45, 7) is 20.9. The second-order valence-electron chi connectivity index (χ2n) is 8.22. The molecule has 0 amide bonds. The zero-order valence-electron chi connectivity index (χ0n) is 17.7. The molecule has 0 spiro atoms. The molecule has 0 fully saturated rings. The molecular formula is C25H29NOSi. The van der Waals surface area contributed by atoms with Crippen LogP contribution in [0.25, 0.3) is 4.85 Å². The summed E-state index contributed by atoms with van der Waals surface area (Å²) in [4.78, 5) is 16.1. The Balaban J connectivity index is 2.32. The van der Waals surface area contributed by atoms with Crippen molar-refractivity contribution in [2.24, 2.45) is 0 Å². The summed E-state index contributed by atoms with van der Waals surface area (Å²) < 4.78 is 0. The van der Waals surface area contributed by atoms with Crippen LogP contribution in [-0.4, -0.2) is 13.9 Å². The average molecular weight is 388 g/mol. The highest BCUT2D eigenvalue weighted by Crippen LogP contribution is 2.40. The lowest BCUT2D eigenvalue weighted by Crippen LogP contribution is -2.43. The Labute approximate surface area is 170 Å². The van der Waals surface area contributed by atoms with Gasteiger partial charge < -0.3 is 0 Å². The number of hydrogen-bond acceptors (Lipinski definition) is 1. The fraction of sp³-hybridized carbons (Fsp3) is 0.360. The minimum atomic E-state index is -1.77. The number of ketones is 1. The number of carbonyl (C=O) groups is 1. The van der Waals surface area contributed by atoms with Crippen molar-refractivity contribution < 1.29 is 4.79 Å². The molecule has 0 aromatic heterocycles. The number of benzene rings is 2. The van der Waals surface area contributed by atoms with E-state index in [4.69, 9.17) is 6.57 Å². The molecule has 0 saturated carbocycles. The Morgan fingerprint density at radius 1 is 0.893 bits per heavy atom. The van der Waals surface area contributed by atoms with E-state index in [0.717, 1.165) is 5.56 Å². The summed E-state index contributed by atoms with van der Waals surface area (Å²) in [5.41, 5.74) is 8.08. The second kappa shape index (κ2) is 9.05. The maximum absolute atomic E-state index is 12.7. The Hall–Kier alpha value is -2.62. The molecule has 0 radical (unpaired) electrons. The molecule has 0 heterocycles. The van der Waals surface area contributed by atoms with E-state index < -0.39 is 8.07 Å². The quantitative estimate of drug-likeness (QED) is 0.233. The molecule has 2 aromatic rings. The minimum absolute atomic E-state index is 0.0692. The average Bonchev–Trinajstić information content (AvgIpc) is 2.67. The first-order valence-corrected chi connectivity index (χ1v) is 12.1. The molecule has 0 saturated heterocycles. The molecule has 144 valence electrons. The van der Waals surface area contributed by atoms with E-state index in [1.54, 1.807) is 24.3 Å². The molecule has 0 unspecified atom stereocenters. The molecule has 0 bridgehead atoms. The lowest BCUT2D eigenvalue weighted by Gasteiger charge is -2.38. The highest BCUT2D eigenvalue weighted by atomic mass is 28.3. The topological polar surface area (TPSA) is 21.4 Å². The van der Waals surface area contributed by atoms with Gasteiger partial charge in [0.25, 0.3) is 0 Å². The molecule has 0 N–H and O–H groups in total. The molecule has 0 atom stereocenters. The van der Waals surface area contributed by atoms with Gasteiger partial charge in [-0.2, -0.15) is 0 Å². The highest BCUT2D eigenvalue weighted by Gasteiger charge is 2.41. The predicted octanol–water partition coefficient (Wildman–Crippen LogP) is 7.04. The summed E-state index contributed by atoms with van der Waals surface area (Å²) in [6, 6.07) is 14.4. The number of nitrogens with zero attached hydrogens (tertiary/aromatic N) is 1. The maximum Gasteiger partial charge on any atom is 0.191 e. The smallest absolute Gasteiger partial charge is 0.191 e. The van der Waals surface area contributed by atoms with Gasteiger partial charge in [0.1, 0.15) is 8.07 Å². The summed E-state index contributed by atoms with van der Waals surface area (Å²) >= 11 is 0. The van der Waals surface area contributed by atoms with Crippen LogP contribution >= 0.6 is 0 Å². The van der Waals surface area contributed by atoms with Gasteiger partial charge in [-0.15, -0.1) is 5.54 Å². The lowest BCUT2D eigenvalue weighted by molar-refractivity contribution is 0.103. The predicted molar refractivity (Wildman–Crippen MR) is 121 cm³/mol. The molecule has 0 aliphatic heterocycles. The zero-order chi connectivity index (χ0) is 20.9. The Morgan fingerprint density at radius 2 is 1.46 bits per heavy atom. The normalized spacial score (nSPS) is 11.3. The van der Waals surface area contributed by atoms with E-state index in [9.17, 15) is 4.79 Å².